The van der Waals surface area contributed by atoms with Gasteiger partial charge in [0.2, 0.25) is 0 Å². The molecule has 1 heterocycles. The average Bonchev–Trinajstić information content (AvgIpc) is 3.14. The van der Waals surface area contributed by atoms with Crippen LogP contribution >= 0.6 is 0 Å². The van der Waals surface area contributed by atoms with E-state index < -0.39 is 11.7 Å². The highest BCUT2D eigenvalue weighted by Crippen LogP contribution is 2.32. The molecule has 1 aromatic heterocycles. The van der Waals surface area contributed by atoms with Crippen LogP contribution in [0.2, 0.25) is 0 Å². The predicted molar refractivity (Wildman–Crippen MR) is 115 cm³/mol. The quantitative estimate of drug-likeness (QED) is 0.360. The Morgan fingerprint density at radius 3 is 2.23 bits per heavy atom. The molecule has 4 aromatic rings. The average molecular weight is 422 g/mol. The molecule has 3 aromatic carbocycles. The Balaban J connectivity index is 1.54. The Kier molecular flexibility index (Phi) is 5.55. The maximum atomic E-state index is 12.8. The summed E-state index contributed by atoms with van der Waals surface area (Å²) in [6.07, 6.45) is -2.49. The molecule has 0 saturated heterocycles. The standard InChI is InChI=1S/C25H21F3N2O/c1-17-14-20(10-13-23(17)31-16-18-6-4-3-5-7-18)22-15-30(2)24(29-22)19-8-11-21(12-9-19)25(26,27)28/h3-15H,16H2,1-2H3. The van der Waals surface area contributed by atoms with Crippen molar-refractivity contribution in [1.29, 1.82) is 0 Å². The van der Waals surface area contributed by atoms with Gasteiger partial charge in [-0.25, -0.2) is 4.98 Å². The van der Waals surface area contributed by atoms with E-state index in [0.29, 0.717) is 18.0 Å². The molecule has 0 atom stereocenters. The van der Waals surface area contributed by atoms with Crippen LogP contribution in [0, 0.1) is 6.92 Å². The van der Waals surface area contributed by atoms with E-state index in [0.717, 1.165) is 40.3 Å². The summed E-state index contributed by atoms with van der Waals surface area (Å²) in [6, 6.07) is 20.8. The maximum absolute atomic E-state index is 12.8. The monoisotopic (exact) mass is 422 g/mol. The molecule has 0 amide bonds. The highest BCUT2D eigenvalue weighted by Gasteiger charge is 2.30. The third-order valence-corrected chi connectivity index (χ3v) is 5.05. The van der Waals surface area contributed by atoms with Gasteiger partial charge in [-0.3, -0.25) is 0 Å². The van der Waals surface area contributed by atoms with Crippen LogP contribution in [0.25, 0.3) is 22.6 Å². The molecule has 0 spiro atoms. The number of benzene rings is 3. The van der Waals surface area contributed by atoms with E-state index in [2.05, 4.69) is 4.98 Å². The molecule has 0 bridgehead atoms. The van der Waals surface area contributed by atoms with Crippen LogP contribution < -0.4 is 4.74 Å². The zero-order chi connectivity index (χ0) is 22.0. The Morgan fingerprint density at radius 1 is 0.903 bits per heavy atom. The van der Waals surface area contributed by atoms with E-state index in [1.807, 2.05) is 73.3 Å². The smallest absolute Gasteiger partial charge is 0.416 e. The van der Waals surface area contributed by atoms with Gasteiger partial charge in [-0.05, 0) is 48.4 Å². The lowest BCUT2D eigenvalue weighted by molar-refractivity contribution is -0.137. The first-order valence-corrected chi connectivity index (χ1v) is 9.80. The van der Waals surface area contributed by atoms with Gasteiger partial charge < -0.3 is 9.30 Å². The van der Waals surface area contributed by atoms with Gasteiger partial charge in [0, 0.05) is 24.4 Å². The molecule has 0 radical (unpaired) electrons. The van der Waals surface area contributed by atoms with Crippen molar-refractivity contribution in [1.82, 2.24) is 9.55 Å². The molecular weight excluding hydrogens is 401 g/mol. The minimum absolute atomic E-state index is 0.489. The molecule has 31 heavy (non-hydrogen) atoms. The topological polar surface area (TPSA) is 27.1 Å². The van der Waals surface area contributed by atoms with Crippen molar-refractivity contribution in [2.24, 2.45) is 7.05 Å². The summed E-state index contributed by atoms with van der Waals surface area (Å²) in [7, 11) is 1.83. The summed E-state index contributed by atoms with van der Waals surface area (Å²) >= 11 is 0. The van der Waals surface area contributed by atoms with Crippen LogP contribution in [0.4, 0.5) is 13.2 Å². The van der Waals surface area contributed by atoms with E-state index in [-0.39, 0.29) is 0 Å². The van der Waals surface area contributed by atoms with Crippen molar-refractivity contribution in [2.75, 3.05) is 0 Å². The van der Waals surface area contributed by atoms with Crippen molar-refractivity contribution in [3.63, 3.8) is 0 Å². The van der Waals surface area contributed by atoms with Gasteiger partial charge in [-0.2, -0.15) is 13.2 Å². The largest absolute Gasteiger partial charge is 0.489 e. The Bertz CT molecular complexity index is 1180. The fourth-order valence-corrected chi connectivity index (χ4v) is 3.39. The first-order valence-electron chi connectivity index (χ1n) is 9.80. The number of aryl methyl sites for hydroxylation is 2. The van der Waals surface area contributed by atoms with Gasteiger partial charge in [-0.15, -0.1) is 0 Å². The number of ether oxygens (including phenoxy) is 1. The van der Waals surface area contributed by atoms with Crippen molar-refractivity contribution in [2.45, 2.75) is 19.7 Å². The number of rotatable bonds is 5. The van der Waals surface area contributed by atoms with Gasteiger partial charge in [0.25, 0.3) is 0 Å². The summed E-state index contributed by atoms with van der Waals surface area (Å²) in [5, 5.41) is 0. The fraction of sp³-hybridized carbons (Fsp3) is 0.160. The fourth-order valence-electron chi connectivity index (χ4n) is 3.39. The van der Waals surface area contributed by atoms with Crippen molar-refractivity contribution >= 4 is 0 Å². The molecule has 0 aliphatic heterocycles. The highest BCUT2D eigenvalue weighted by atomic mass is 19.4. The molecular formula is C25H21F3N2O. The third kappa shape index (κ3) is 4.63. The lowest BCUT2D eigenvalue weighted by Gasteiger charge is -2.10. The zero-order valence-corrected chi connectivity index (χ0v) is 17.1. The first-order chi connectivity index (χ1) is 14.8. The number of hydrogen-bond acceptors (Lipinski definition) is 2. The molecule has 0 N–H and O–H groups in total. The molecule has 6 heteroatoms. The molecule has 0 saturated carbocycles. The second-order valence-corrected chi connectivity index (χ2v) is 7.39. The summed E-state index contributed by atoms with van der Waals surface area (Å²) in [4.78, 5) is 4.65. The predicted octanol–water partition coefficient (Wildman–Crippen LogP) is 6.66. The van der Waals surface area contributed by atoms with Crippen molar-refractivity contribution < 1.29 is 17.9 Å². The van der Waals surface area contributed by atoms with Crippen LogP contribution in [0.15, 0.2) is 79.0 Å². The molecule has 3 nitrogen and oxygen atoms in total. The van der Waals surface area contributed by atoms with Gasteiger partial charge >= 0.3 is 6.18 Å². The Labute approximate surface area is 178 Å². The summed E-state index contributed by atoms with van der Waals surface area (Å²) < 4.78 is 46.2. The lowest BCUT2D eigenvalue weighted by Crippen LogP contribution is -2.04. The second-order valence-electron chi connectivity index (χ2n) is 7.39. The molecule has 4 rings (SSSR count). The summed E-state index contributed by atoms with van der Waals surface area (Å²) in [6.45, 7) is 2.46. The van der Waals surface area contributed by atoms with E-state index in [9.17, 15) is 13.2 Å². The highest BCUT2D eigenvalue weighted by molar-refractivity contribution is 5.66. The van der Waals surface area contributed by atoms with Crippen LogP contribution in [0.5, 0.6) is 5.75 Å². The van der Waals surface area contributed by atoms with Gasteiger partial charge in [-0.1, -0.05) is 42.5 Å². The van der Waals surface area contributed by atoms with E-state index in [1.165, 1.54) is 12.1 Å². The summed E-state index contributed by atoms with van der Waals surface area (Å²) in [5.74, 6) is 1.40. The minimum Gasteiger partial charge on any atom is -0.489 e. The Hall–Kier alpha value is -3.54. The van der Waals surface area contributed by atoms with Gasteiger partial charge in [0.1, 0.15) is 18.2 Å². The van der Waals surface area contributed by atoms with E-state index in [4.69, 9.17) is 4.74 Å². The number of alkyl halides is 3. The second kappa shape index (κ2) is 8.30. The number of imidazole rings is 1. The van der Waals surface area contributed by atoms with Crippen LogP contribution in [-0.2, 0) is 19.8 Å². The molecule has 0 unspecified atom stereocenters. The van der Waals surface area contributed by atoms with Gasteiger partial charge in [0.15, 0.2) is 0 Å². The van der Waals surface area contributed by atoms with Crippen LogP contribution in [-0.4, -0.2) is 9.55 Å². The van der Waals surface area contributed by atoms with Crippen LogP contribution in [0.1, 0.15) is 16.7 Å². The number of hydrogen-bond donors (Lipinski definition) is 0. The third-order valence-electron chi connectivity index (χ3n) is 5.05. The van der Waals surface area contributed by atoms with Gasteiger partial charge in [0.05, 0.1) is 11.3 Å². The number of halogens is 3. The SMILES string of the molecule is Cc1cc(-c2cn(C)c(-c3ccc(C(F)(F)F)cc3)n2)ccc1OCc1ccccc1. The minimum atomic E-state index is -4.35. The Morgan fingerprint density at radius 2 is 1.58 bits per heavy atom. The zero-order valence-electron chi connectivity index (χ0n) is 17.1. The number of aromatic nitrogens is 2. The molecule has 0 fully saturated rings. The van der Waals surface area contributed by atoms with Crippen molar-refractivity contribution in [3.05, 3.63) is 95.7 Å². The molecule has 0 aliphatic rings. The number of nitrogens with zero attached hydrogens (tertiary/aromatic N) is 2. The normalized spacial score (nSPS) is 11.5. The maximum Gasteiger partial charge on any atom is 0.416 e. The molecule has 0 aliphatic carbocycles. The van der Waals surface area contributed by atoms with E-state index >= 15 is 0 Å². The van der Waals surface area contributed by atoms with E-state index in [1.54, 1.807) is 0 Å². The van der Waals surface area contributed by atoms with Crippen LogP contribution in [0.3, 0.4) is 0 Å². The first kappa shape index (κ1) is 20.7. The van der Waals surface area contributed by atoms with Crippen molar-refractivity contribution in [3.8, 4) is 28.4 Å². The lowest BCUT2D eigenvalue weighted by atomic mass is 10.1. The molecule has 158 valence electrons. The summed E-state index contributed by atoms with van der Waals surface area (Å²) in [5.41, 5.74) is 3.69.